The molecule has 2 aromatic carbocycles. The number of aryl methyl sites for hydroxylation is 1. The second-order valence-corrected chi connectivity index (χ2v) is 7.88. The third kappa shape index (κ3) is 3.92. The van der Waals surface area contributed by atoms with Gasteiger partial charge in [0.2, 0.25) is 0 Å². The molecule has 0 fully saturated rings. The van der Waals surface area contributed by atoms with Crippen LogP contribution < -0.4 is 10.1 Å². The van der Waals surface area contributed by atoms with Crippen LogP contribution in [0.5, 0.6) is 11.5 Å². The number of nitrogens with one attached hydrogen (secondary N) is 1. The summed E-state index contributed by atoms with van der Waals surface area (Å²) in [6, 6.07) is 18.8. The van der Waals surface area contributed by atoms with Gasteiger partial charge >= 0.3 is 0 Å². The van der Waals surface area contributed by atoms with Gasteiger partial charge in [-0.1, -0.05) is 24.6 Å². The molecule has 3 aromatic rings. The molecule has 4 rings (SSSR count). The minimum atomic E-state index is -0.209. The first kappa shape index (κ1) is 18.3. The predicted molar refractivity (Wildman–Crippen MR) is 111 cm³/mol. The van der Waals surface area contributed by atoms with Crippen molar-refractivity contribution in [3.63, 3.8) is 0 Å². The molecule has 0 unspecified atom stereocenters. The van der Waals surface area contributed by atoms with Gasteiger partial charge in [-0.3, -0.25) is 4.79 Å². The number of amides is 1. The van der Waals surface area contributed by atoms with Crippen LogP contribution in [0, 0.1) is 11.3 Å². The van der Waals surface area contributed by atoms with Gasteiger partial charge in [-0.05, 0) is 67.6 Å². The van der Waals surface area contributed by atoms with Crippen molar-refractivity contribution in [2.45, 2.75) is 32.1 Å². The maximum absolute atomic E-state index is 12.7. The Morgan fingerprint density at radius 2 is 1.68 bits per heavy atom. The third-order valence-corrected chi connectivity index (χ3v) is 6.06. The fourth-order valence-electron chi connectivity index (χ4n) is 3.42. The number of para-hydroxylation sites is 1. The molecule has 1 aromatic heterocycles. The lowest BCUT2D eigenvalue weighted by atomic mass is 10.1. The van der Waals surface area contributed by atoms with Gasteiger partial charge < -0.3 is 10.1 Å². The van der Waals surface area contributed by atoms with E-state index < -0.39 is 0 Å². The normalized spacial score (nSPS) is 13.1. The molecule has 0 radical (unpaired) electrons. The Morgan fingerprint density at radius 1 is 0.964 bits per heavy atom. The van der Waals surface area contributed by atoms with Gasteiger partial charge in [0.05, 0.1) is 5.56 Å². The largest absolute Gasteiger partial charge is 0.457 e. The van der Waals surface area contributed by atoms with Gasteiger partial charge in [-0.15, -0.1) is 11.3 Å². The number of hydrogen-bond acceptors (Lipinski definition) is 4. The van der Waals surface area contributed by atoms with Crippen molar-refractivity contribution >= 4 is 22.2 Å². The standard InChI is InChI=1S/C23H20N2O2S/c24-15-20-19-9-5-2-6-10-21(19)28-23(20)25-22(26)16-11-13-18(14-12-16)27-17-7-3-1-4-8-17/h1,3-4,7-8,11-14H,2,5-6,9-10H2,(H,25,26). The molecule has 1 amide bonds. The minimum Gasteiger partial charge on any atom is -0.457 e. The van der Waals surface area contributed by atoms with Gasteiger partial charge in [-0.2, -0.15) is 5.26 Å². The summed E-state index contributed by atoms with van der Waals surface area (Å²) >= 11 is 1.55. The fourth-order valence-corrected chi connectivity index (χ4v) is 4.66. The topological polar surface area (TPSA) is 62.1 Å². The van der Waals surface area contributed by atoms with Crippen LogP contribution in [0.4, 0.5) is 5.00 Å². The van der Waals surface area contributed by atoms with E-state index in [0.717, 1.165) is 37.0 Å². The first-order valence-electron chi connectivity index (χ1n) is 9.43. The number of benzene rings is 2. The molecule has 1 aliphatic rings. The summed E-state index contributed by atoms with van der Waals surface area (Å²) in [5.74, 6) is 1.21. The molecule has 140 valence electrons. The number of hydrogen-bond donors (Lipinski definition) is 1. The molecular formula is C23H20N2O2S. The maximum Gasteiger partial charge on any atom is 0.256 e. The summed E-state index contributed by atoms with van der Waals surface area (Å²) in [7, 11) is 0. The highest BCUT2D eigenvalue weighted by molar-refractivity contribution is 7.16. The summed E-state index contributed by atoms with van der Waals surface area (Å²) in [5.41, 5.74) is 2.30. The zero-order chi connectivity index (χ0) is 19.3. The van der Waals surface area contributed by atoms with Crippen LogP contribution in [0.1, 0.15) is 45.6 Å². The maximum atomic E-state index is 12.7. The minimum absolute atomic E-state index is 0.209. The number of nitrogens with zero attached hydrogens (tertiary/aromatic N) is 1. The summed E-state index contributed by atoms with van der Waals surface area (Å²) in [5, 5.41) is 13.2. The number of rotatable bonds is 4. The van der Waals surface area contributed by atoms with E-state index in [1.807, 2.05) is 30.3 Å². The second-order valence-electron chi connectivity index (χ2n) is 6.77. The number of thiophene rings is 1. The number of ether oxygens (including phenoxy) is 1. The first-order valence-corrected chi connectivity index (χ1v) is 10.2. The Balaban J connectivity index is 1.49. The van der Waals surface area contributed by atoms with Gasteiger partial charge in [0, 0.05) is 10.4 Å². The highest BCUT2D eigenvalue weighted by Crippen LogP contribution is 2.37. The zero-order valence-corrected chi connectivity index (χ0v) is 16.2. The van der Waals surface area contributed by atoms with E-state index in [2.05, 4.69) is 11.4 Å². The van der Waals surface area contributed by atoms with Crippen LogP contribution >= 0.6 is 11.3 Å². The van der Waals surface area contributed by atoms with E-state index in [9.17, 15) is 10.1 Å². The van der Waals surface area contributed by atoms with Crippen LogP contribution in [-0.2, 0) is 12.8 Å². The van der Waals surface area contributed by atoms with Crippen molar-refractivity contribution in [1.82, 2.24) is 0 Å². The Hall–Kier alpha value is -3.10. The zero-order valence-electron chi connectivity index (χ0n) is 15.4. The summed E-state index contributed by atoms with van der Waals surface area (Å²) in [6.45, 7) is 0. The molecule has 1 N–H and O–H groups in total. The van der Waals surface area contributed by atoms with Crippen LogP contribution in [0.25, 0.3) is 0 Å². The van der Waals surface area contributed by atoms with Crippen molar-refractivity contribution < 1.29 is 9.53 Å². The average Bonchev–Trinajstić information content (AvgIpc) is 2.88. The lowest BCUT2D eigenvalue weighted by Crippen LogP contribution is -2.11. The average molecular weight is 388 g/mol. The summed E-state index contributed by atoms with van der Waals surface area (Å²) < 4.78 is 5.76. The van der Waals surface area contributed by atoms with E-state index >= 15 is 0 Å². The van der Waals surface area contributed by atoms with Gasteiger partial charge in [0.1, 0.15) is 22.6 Å². The van der Waals surface area contributed by atoms with E-state index in [0.29, 0.717) is 21.9 Å². The van der Waals surface area contributed by atoms with Gasteiger partial charge in [0.25, 0.3) is 5.91 Å². The van der Waals surface area contributed by atoms with Gasteiger partial charge in [0.15, 0.2) is 0 Å². The Kier molecular flexibility index (Phi) is 5.41. The lowest BCUT2D eigenvalue weighted by Gasteiger charge is -2.07. The second kappa shape index (κ2) is 8.28. The van der Waals surface area contributed by atoms with Crippen molar-refractivity contribution in [1.29, 1.82) is 5.26 Å². The van der Waals surface area contributed by atoms with E-state index in [1.54, 1.807) is 35.6 Å². The molecule has 0 aliphatic heterocycles. The molecule has 5 heteroatoms. The third-order valence-electron chi connectivity index (χ3n) is 4.86. The smallest absolute Gasteiger partial charge is 0.256 e. The first-order chi connectivity index (χ1) is 13.7. The van der Waals surface area contributed by atoms with Crippen LogP contribution in [0.15, 0.2) is 54.6 Å². The fraction of sp³-hybridized carbons (Fsp3) is 0.217. The molecule has 0 atom stereocenters. The molecule has 1 aliphatic carbocycles. The molecular weight excluding hydrogens is 368 g/mol. The molecule has 4 nitrogen and oxygen atoms in total. The predicted octanol–water partition coefficient (Wildman–Crippen LogP) is 5.93. The van der Waals surface area contributed by atoms with Crippen LogP contribution in [0.3, 0.4) is 0 Å². The number of carbonyl (C=O) groups excluding carboxylic acids is 1. The quantitative estimate of drug-likeness (QED) is 0.563. The number of carbonyl (C=O) groups is 1. The van der Waals surface area contributed by atoms with Crippen molar-refractivity contribution in [2.75, 3.05) is 5.32 Å². The number of anilines is 1. The number of fused-ring (bicyclic) bond motifs is 1. The molecule has 1 heterocycles. The lowest BCUT2D eigenvalue weighted by molar-refractivity contribution is 0.102. The van der Waals surface area contributed by atoms with E-state index in [-0.39, 0.29) is 5.91 Å². The Bertz CT molecular complexity index is 1020. The monoisotopic (exact) mass is 388 g/mol. The van der Waals surface area contributed by atoms with Gasteiger partial charge in [-0.25, -0.2) is 0 Å². The molecule has 0 saturated carbocycles. The van der Waals surface area contributed by atoms with Crippen molar-refractivity contribution in [3.05, 3.63) is 76.2 Å². The van der Waals surface area contributed by atoms with Crippen LogP contribution in [-0.4, -0.2) is 5.91 Å². The Labute approximate surface area is 168 Å². The van der Waals surface area contributed by atoms with E-state index in [4.69, 9.17) is 4.74 Å². The van der Waals surface area contributed by atoms with E-state index in [1.165, 1.54) is 11.3 Å². The van der Waals surface area contributed by atoms with Crippen LogP contribution in [0.2, 0.25) is 0 Å². The summed E-state index contributed by atoms with van der Waals surface area (Å²) in [4.78, 5) is 13.9. The molecule has 0 saturated heterocycles. The highest BCUT2D eigenvalue weighted by atomic mass is 32.1. The molecule has 0 spiro atoms. The highest BCUT2D eigenvalue weighted by Gasteiger charge is 2.21. The Morgan fingerprint density at radius 3 is 2.43 bits per heavy atom. The van der Waals surface area contributed by atoms with Crippen molar-refractivity contribution in [3.8, 4) is 17.6 Å². The SMILES string of the molecule is N#Cc1c(NC(=O)c2ccc(Oc3ccccc3)cc2)sc2c1CCCCC2. The summed E-state index contributed by atoms with van der Waals surface area (Å²) in [6.07, 6.45) is 5.38. The van der Waals surface area contributed by atoms with Crippen molar-refractivity contribution in [2.24, 2.45) is 0 Å². The molecule has 28 heavy (non-hydrogen) atoms. The number of nitriles is 1. The molecule has 0 bridgehead atoms.